The molecule has 0 saturated carbocycles. The molecule has 188 valence electrons. The van der Waals surface area contributed by atoms with Gasteiger partial charge in [-0.15, -0.1) is 0 Å². The number of sulfonamides is 1. The lowest BCUT2D eigenvalue weighted by Crippen LogP contribution is -2.42. The molecule has 0 aliphatic carbocycles. The molecule has 0 N–H and O–H groups in total. The normalized spacial score (nSPS) is 17.5. The Morgan fingerprint density at radius 1 is 1.06 bits per heavy atom. The second-order valence-electron chi connectivity index (χ2n) is 8.10. The zero-order valence-electron chi connectivity index (χ0n) is 20.2. The molecular weight excluding hydrogens is 490 g/mol. The summed E-state index contributed by atoms with van der Waals surface area (Å²) in [6.45, 7) is 3.02. The molecular formula is C24H29N3O6S2. The zero-order chi connectivity index (χ0) is 25.2. The second kappa shape index (κ2) is 10.4. The minimum atomic E-state index is -3.73. The van der Waals surface area contributed by atoms with Gasteiger partial charge in [0.15, 0.2) is 4.80 Å². The van der Waals surface area contributed by atoms with Crippen molar-refractivity contribution in [1.82, 2.24) is 8.87 Å². The Kier molecular flexibility index (Phi) is 7.48. The third kappa shape index (κ3) is 4.80. The van der Waals surface area contributed by atoms with E-state index in [1.807, 2.05) is 23.6 Å². The summed E-state index contributed by atoms with van der Waals surface area (Å²) >= 11 is 1.35. The number of nitrogens with zero attached hydrogens (tertiary/aromatic N) is 3. The number of amides is 1. The predicted molar refractivity (Wildman–Crippen MR) is 134 cm³/mol. The molecule has 35 heavy (non-hydrogen) atoms. The predicted octanol–water partition coefficient (Wildman–Crippen LogP) is 3.28. The van der Waals surface area contributed by atoms with Gasteiger partial charge in [0, 0.05) is 19.6 Å². The van der Waals surface area contributed by atoms with Crippen molar-refractivity contribution in [3.05, 3.63) is 41.2 Å². The number of benzene rings is 2. The second-order valence-corrected chi connectivity index (χ2v) is 11.0. The summed E-state index contributed by atoms with van der Waals surface area (Å²) in [5.41, 5.74) is 0.818. The number of carbonyl (C=O) groups excluding carboxylic acids is 1. The van der Waals surface area contributed by atoms with Crippen LogP contribution in [-0.2, 0) is 21.4 Å². The molecule has 2 heterocycles. The van der Waals surface area contributed by atoms with Gasteiger partial charge in [0.25, 0.3) is 5.91 Å². The van der Waals surface area contributed by atoms with Gasteiger partial charge >= 0.3 is 0 Å². The van der Waals surface area contributed by atoms with Gasteiger partial charge in [-0.2, -0.15) is 9.30 Å². The van der Waals surface area contributed by atoms with Crippen LogP contribution in [0.5, 0.6) is 17.2 Å². The molecule has 1 aliphatic heterocycles. The molecule has 11 heteroatoms. The molecule has 1 unspecified atom stereocenters. The molecule has 1 fully saturated rings. The highest BCUT2D eigenvalue weighted by molar-refractivity contribution is 7.89. The summed E-state index contributed by atoms with van der Waals surface area (Å²) in [7, 11) is 0.991. The molecule has 1 aromatic heterocycles. The molecule has 1 aliphatic rings. The Labute approximate surface area is 208 Å². The quantitative estimate of drug-likeness (QED) is 0.475. The number of hydrogen-bond acceptors (Lipinski definition) is 7. The maximum atomic E-state index is 13.2. The topological polar surface area (TPSA) is 99.4 Å². The number of aromatic nitrogens is 1. The van der Waals surface area contributed by atoms with Gasteiger partial charge in [-0.3, -0.25) is 4.79 Å². The number of ether oxygens (including phenoxy) is 3. The first kappa shape index (κ1) is 25.2. The Bertz CT molecular complexity index is 1390. The molecule has 1 atom stereocenters. The van der Waals surface area contributed by atoms with E-state index in [0.29, 0.717) is 48.0 Å². The molecule has 0 spiro atoms. The van der Waals surface area contributed by atoms with Crippen LogP contribution in [0.4, 0.5) is 0 Å². The fourth-order valence-corrected chi connectivity index (χ4v) is 7.01. The molecule has 0 radical (unpaired) electrons. The van der Waals surface area contributed by atoms with Crippen LogP contribution in [-0.4, -0.2) is 57.6 Å². The maximum absolute atomic E-state index is 13.2. The van der Waals surface area contributed by atoms with E-state index in [0.717, 1.165) is 10.2 Å². The standard InChI is InChI=1S/C24H29N3O6S2/c1-5-27-21-19(32-3)12-13-20(33-4)22(21)34-24(27)25-23(28)16-7-6-14-26(15-16)35(29,30)18-10-8-17(31-2)9-11-18/h8-13,16H,5-7,14-15H2,1-4H3. The fourth-order valence-electron chi connectivity index (χ4n) is 4.28. The minimum Gasteiger partial charge on any atom is -0.497 e. The van der Waals surface area contributed by atoms with Gasteiger partial charge < -0.3 is 18.8 Å². The lowest BCUT2D eigenvalue weighted by molar-refractivity contribution is -0.122. The Morgan fingerprint density at radius 2 is 1.74 bits per heavy atom. The van der Waals surface area contributed by atoms with Crippen LogP contribution >= 0.6 is 11.3 Å². The molecule has 2 aromatic carbocycles. The third-order valence-corrected chi connectivity index (χ3v) is 9.12. The van der Waals surface area contributed by atoms with E-state index in [-0.39, 0.29) is 17.3 Å². The van der Waals surface area contributed by atoms with Crippen molar-refractivity contribution in [2.45, 2.75) is 31.2 Å². The molecule has 9 nitrogen and oxygen atoms in total. The minimum absolute atomic E-state index is 0.0976. The number of aryl methyl sites for hydroxylation is 1. The highest BCUT2D eigenvalue weighted by atomic mass is 32.2. The number of rotatable bonds is 7. The molecule has 1 amide bonds. The smallest absolute Gasteiger partial charge is 0.252 e. The highest BCUT2D eigenvalue weighted by Gasteiger charge is 2.33. The van der Waals surface area contributed by atoms with Crippen molar-refractivity contribution in [2.24, 2.45) is 10.9 Å². The first-order chi connectivity index (χ1) is 16.8. The first-order valence-corrected chi connectivity index (χ1v) is 13.6. The Morgan fingerprint density at radius 3 is 2.37 bits per heavy atom. The third-order valence-electron chi connectivity index (χ3n) is 6.14. The van der Waals surface area contributed by atoms with Crippen LogP contribution < -0.4 is 19.0 Å². The lowest BCUT2D eigenvalue weighted by atomic mass is 9.99. The van der Waals surface area contributed by atoms with Gasteiger partial charge in [0.2, 0.25) is 10.0 Å². The average molecular weight is 520 g/mol. The van der Waals surface area contributed by atoms with Crippen LogP contribution in [0.3, 0.4) is 0 Å². The number of methoxy groups -OCH3 is 3. The maximum Gasteiger partial charge on any atom is 0.252 e. The molecule has 3 aromatic rings. The van der Waals surface area contributed by atoms with Gasteiger partial charge in [-0.25, -0.2) is 8.42 Å². The van der Waals surface area contributed by atoms with E-state index in [2.05, 4.69) is 4.99 Å². The lowest BCUT2D eigenvalue weighted by Gasteiger charge is -2.30. The van der Waals surface area contributed by atoms with Crippen molar-refractivity contribution < 1.29 is 27.4 Å². The summed E-state index contributed by atoms with van der Waals surface area (Å²) in [4.78, 5) is 18.4. The van der Waals surface area contributed by atoms with Crippen molar-refractivity contribution in [3.8, 4) is 17.2 Å². The molecule has 0 bridgehead atoms. The van der Waals surface area contributed by atoms with Gasteiger partial charge in [0.05, 0.1) is 32.1 Å². The molecule has 1 saturated heterocycles. The average Bonchev–Trinajstić information content (AvgIpc) is 3.26. The number of hydrogen-bond donors (Lipinski definition) is 0. The summed E-state index contributed by atoms with van der Waals surface area (Å²) in [6, 6.07) is 9.92. The molecule has 4 rings (SSSR count). The van der Waals surface area contributed by atoms with Crippen LogP contribution in [0, 0.1) is 5.92 Å². The van der Waals surface area contributed by atoms with Crippen molar-refractivity contribution in [3.63, 3.8) is 0 Å². The number of carbonyl (C=O) groups is 1. The summed E-state index contributed by atoms with van der Waals surface area (Å²) in [5.74, 6) is 1.08. The van der Waals surface area contributed by atoms with Crippen molar-refractivity contribution >= 4 is 37.5 Å². The van der Waals surface area contributed by atoms with E-state index < -0.39 is 15.9 Å². The highest BCUT2D eigenvalue weighted by Crippen LogP contribution is 2.35. The number of fused-ring (bicyclic) bond motifs is 1. The Balaban J connectivity index is 1.65. The SMILES string of the molecule is CCn1c(=NC(=O)C2CCCN(S(=O)(=O)c3ccc(OC)cc3)C2)sc2c(OC)ccc(OC)c21. The summed E-state index contributed by atoms with van der Waals surface area (Å²) < 4.78 is 46.7. The Hall–Kier alpha value is -2.89. The van der Waals surface area contributed by atoms with E-state index in [4.69, 9.17) is 14.2 Å². The van der Waals surface area contributed by atoms with E-state index in [1.165, 1.54) is 34.9 Å². The van der Waals surface area contributed by atoms with Crippen molar-refractivity contribution in [2.75, 3.05) is 34.4 Å². The van der Waals surface area contributed by atoms with E-state index in [9.17, 15) is 13.2 Å². The fraction of sp³-hybridized carbons (Fsp3) is 0.417. The summed E-state index contributed by atoms with van der Waals surface area (Å²) in [6.07, 6.45) is 1.17. The van der Waals surface area contributed by atoms with Crippen LogP contribution in [0.2, 0.25) is 0 Å². The summed E-state index contributed by atoms with van der Waals surface area (Å²) in [5, 5.41) is 0. The van der Waals surface area contributed by atoms with Gasteiger partial charge in [-0.05, 0) is 56.2 Å². The first-order valence-electron chi connectivity index (χ1n) is 11.3. The van der Waals surface area contributed by atoms with Crippen molar-refractivity contribution in [1.29, 1.82) is 0 Å². The zero-order valence-corrected chi connectivity index (χ0v) is 21.8. The largest absolute Gasteiger partial charge is 0.497 e. The van der Waals surface area contributed by atoms with Crippen LogP contribution in [0.1, 0.15) is 19.8 Å². The number of piperidine rings is 1. The van der Waals surface area contributed by atoms with E-state index in [1.54, 1.807) is 26.4 Å². The van der Waals surface area contributed by atoms with Crippen LogP contribution in [0.25, 0.3) is 10.2 Å². The van der Waals surface area contributed by atoms with Gasteiger partial charge in [0.1, 0.15) is 27.5 Å². The monoisotopic (exact) mass is 519 g/mol. The van der Waals surface area contributed by atoms with Crippen LogP contribution in [0.15, 0.2) is 46.3 Å². The number of thiazole rings is 1. The van der Waals surface area contributed by atoms with Gasteiger partial charge in [-0.1, -0.05) is 11.3 Å². The van der Waals surface area contributed by atoms with E-state index >= 15 is 0 Å².